The number of fused-ring (bicyclic) bond motifs is 1. The van der Waals surface area contributed by atoms with Gasteiger partial charge in [-0.25, -0.2) is 0 Å². The van der Waals surface area contributed by atoms with Gasteiger partial charge >= 0.3 is 0 Å². The maximum Gasteiger partial charge on any atom is 0.242 e. The van der Waals surface area contributed by atoms with Crippen molar-refractivity contribution in [2.75, 3.05) is 25.4 Å². The van der Waals surface area contributed by atoms with Gasteiger partial charge in [0.15, 0.2) is 6.23 Å². The molecular weight excluding hydrogens is 468 g/mol. The van der Waals surface area contributed by atoms with Crippen molar-refractivity contribution in [3.8, 4) is 5.75 Å². The van der Waals surface area contributed by atoms with Crippen LogP contribution in [-0.4, -0.2) is 55.2 Å². The van der Waals surface area contributed by atoms with E-state index < -0.39 is 29.9 Å². The molecule has 0 saturated heterocycles. The molecule has 9 nitrogen and oxygen atoms in total. The molecule has 190 valence electrons. The molecule has 2 aromatic carbocycles. The molecule has 35 heavy (non-hydrogen) atoms. The topological polar surface area (TPSA) is 126 Å². The zero-order valence-electron chi connectivity index (χ0n) is 20.3. The molecule has 0 saturated carbocycles. The number of hydrogen-bond acceptors (Lipinski definition) is 6. The smallest absolute Gasteiger partial charge is 0.242 e. The zero-order valence-corrected chi connectivity index (χ0v) is 21.2. The first-order valence-corrected chi connectivity index (χ1v) is 12.3. The quantitative estimate of drug-likeness (QED) is 0.211. The Kier molecular flexibility index (Phi) is 11.4. The highest BCUT2D eigenvalue weighted by Crippen LogP contribution is 2.25. The molecule has 0 spiro atoms. The van der Waals surface area contributed by atoms with Gasteiger partial charge in [0.05, 0.1) is 25.4 Å². The molecule has 4 N–H and O–H groups in total. The maximum atomic E-state index is 12.3. The maximum absolute atomic E-state index is 12.3. The van der Waals surface area contributed by atoms with E-state index in [1.165, 1.54) is 5.56 Å². The van der Waals surface area contributed by atoms with Gasteiger partial charge in [-0.05, 0) is 34.4 Å². The van der Waals surface area contributed by atoms with E-state index in [4.69, 9.17) is 4.74 Å². The van der Waals surface area contributed by atoms with E-state index in [2.05, 4.69) is 65.9 Å². The third kappa shape index (κ3) is 9.86. The number of rotatable bonds is 13. The second-order valence-corrected chi connectivity index (χ2v) is 8.69. The predicted molar refractivity (Wildman–Crippen MR) is 138 cm³/mol. The number of hydrogen-bond donors (Lipinski definition) is 5. The molecule has 0 fully saturated rings. The highest BCUT2D eigenvalue weighted by atomic mass is 32.1. The Balaban J connectivity index is 1.83. The first-order chi connectivity index (χ1) is 16.7. The van der Waals surface area contributed by atoms with Crippen molar-refractivity contribution in [2.24, 2.45) is 0 Å². The van der Waals surface area contributed by atoms with Crippen LogP contribution in [0, 0.1) is 0 Å². The Labute approximate surface area is 211 Å². The van der Waals surface area contributed by atoms with Crippen LogP contribution in [0.5, 0.6) is 5.75 Å². The van der Waals surface area contributed by atoms with Crippen molar-refractivity contribution < 1.29 is 23.9 Å². The van der Waals surface area contributed by atoms with Gasteiger partial charge in [-0.1, -0.05) is 51.5 Å². The fourth-order valence-electron chi connectivity index (χ4n) is 3.21. The number of carbonyl (C=O) groups is 4. The summed E-state index contributed by atoms with van der Waals surface area (Å²) in [5.41, 5.74) is 1.27. The van der Waals surface area contributed by atoms with Crippen molar-refractivity contribution in [1.82, 2.24) is 21.3 Å². The highest BCUT2D eigenvalue weighted by molar-refractivity contribution is 7.81. The fraction of sp³-hybridized carbons (Fsp3) is 0.440. The van der Waals surface area contributed by atoms with E-state index in [1.54, 1.807) is 0 Å². The summed E-state index contributed by atoms with van der Waals surface area (Å²) in [5, 5.41) is 12.1. The Morgan fingerprint density at radius 1 is 0.829 bits per heavy atom. The molecule has 2 rings (SSSR count). The average molecular weight is 503 g/mol. The third-order valence-electron chi connectivity index (χ3n) is 5.14. The summed E-state index contributed by atoms with van der Waals surface area (Å²) in [6.45, 7) is 5.47. The lowest BCUT2D eigenvalue weighted by Gasteiger charge is -2.20. The van der Waals surface area contributed by atoms with Gasteiger partial charge in [-0.3, -0.25) is 19.2 Å². The first kappa shape index (κ1) is 28.0. The second-order valence-electron chi connectivity index (χ2n) is 8.37. The van der Waals surface area contributed by atoms with Gasteiger partial charge in [-0.15, -0.1) is 0 Å². The normalized spacial score (nSPS) is 11.6. The molecule has 0 bridgehead atoms. The van der Waals surface area contributed by atoms with Gasteiger partial charge < -0.3 is 26.0 Å². The zero-order chi connectivity index (χ0) is 25.8. The van der Waals surface area contributed by atoms with Crippen LogP contribution in [0.1, 0.15) is 45.1 Å². The van der Waals surface area contributed by atoms with E-state index >= 15 is 0 Å². The van der Waals surface area contributed by atoms with E-state index in [1.807, 2.05) is 25.1 Å². The van der Waals surface area contributed by atoms with E-state index in [0.29, 0.717) is 18.1 Å². The summed E-state index contributed by atoms with van der Waals surface area (Å²) in [7, 11) is 0. The SMILES string of the molecule is CCCC(NC(=O)CNC(=O)CNC(=O)CNC(=O)CS)Oc1ccc2cc(C(C)C)ccc2c1. The lowest BCUT2D eigenvalue weighted by molar-refractivity contribution is -0.128. The number of ether oxygens (including phenoxy) is 1. The van der Waals surface area contributed by atoms with E-state index in [-0.39, 0.29) is 25.4 Å². The minimum Gasteiger partial charge on any atom is -0.471 e. The molecule has 0 aliphatic rings. The Morgan fingerprint density at radius 2 is 1.40 bits per heavy atom. The summed E-state index contributed by atoms with van der Waals surface area (Å²) in [5.74, 6) is -0.800. The molecule has 1 unspecified atom stereocenters. The molecule has 0 aromatic heterocycles. The van der Waals surface area contributed by atoms with Crippen LogP contribution in [-0.2, 0) is 19.2 Å². The van der Waals surface area contributed by atoms with Crippen molar-refractivity contribution in [1.29, 1.82) is 0 Å². The van der Waals surface area contributed by atoms with Crippen LogP contribution in [0.4, 0.5) is 0 Å². The minimum absolute atomic E-state index is 0.0361. The standard InChI is InChI=1S/C25H34N4O5S/c1-4-5-25(34-20-9-8-18-10-17(16(2)3)6-7-19(18)11-20)29-23(32)14-27-21(30)12-26-22(31)13-28-24(33)15-35/h6-11,16,25,35H,4-5,12-15H2,1-3H3,(H,26,31)(H,27,30)(H,28,33)(H,29,32). The van der Waals surface area contributed by atoms with Gasteiger partial charge in [0.25, 0.3) is 0 Å². The first-order valence-electron chi connectivity index (χ1n) is 11.6. The molecule has 4 amide bonds. The van der Waals surface area contributed by atoms with E-state index in [9.17, 15) is 19.2 Å². The molecule has 0 aliphatic carbocycles. The molecular formula is C25H34N4O5S. The van der Waals surface area contributed by atoms with Crippen LogP contribution in [0.3, 0.4) is 0 Å². The lowest BCUT2D eigenvalue weighted by Crippen LogP contribution is -2.47. The molecule has 0 radical (unpaired) electrons. The lowest BCUT2D eigenvalue weighted by atomic mass is 9.99. The summed E-state index contributed by atoms with van der Waals surface area (Å²) in [6.07, 6.45) is 0.836. The Bertz CT molecular complexity index is 1040. The molecule has 0 aliphatic heterocycles. The predicted octanol–water partition coefficient (Wildman–Crippen LogP) is 1.86. The molecule has 10 heteroatoms. The average Bonchev–Trinajstić information content (AvgIpc) is 2.84. The van der Waals surface area contributed by atoms with Crippen LogP contribution >= 0.6 is 12.6 Å². The second kappa shape index (κ2) is 14.2. The molecule has 1 atom stereocenters. The van der Waals surface area contributed by atoms with Crippen molar-refractivity contribution >= 4 is 47.0 Å². The van der Waals surface area contributed by atoms with Crippen molar-refractivity contribution in [3.63, 3.8) is 0 Å². The minimum atomic E-state index is -0.549. The third-order valence-corrected chi connectivity index (χ3v) is 5.42. The largest absolute Gasteiger partial charge is 0.471 e. The molecule has 0 heterocycles. The van der Waals surface area contributed by atoms with E-state index in [0.717, 1.165) is 17.2 Å². The van der Waals surface area contributed by atoms with Crippen LogP contribution in [0.15, 0.2) is 36.4 Å². The summed E-state index contributed by atoms with van der Waals surface area (Å²) in [6, 6.07) is 12.2. The van der Waals surface area contributed by atoms with Gasteiger partial charge in [-0.2, -0.15) is 12.6 Å². The summed E-state index contributed by atoms with van der Waals surface area (Å²) in [4.78, 5) is 46.9. The Hall–Kier alpha value is -3.27. The van der Waals surface area contributed by atoms with Gasteiger partial charge in [0.2, 0.25) is 23.6 Å². The van der Waals surface area contributed by atoms with Gasteiger partial charge in [0.1, 0.15) is 5.75 Å². The van der Waals surface area contributed by atoms with Gasteiger partial charge in [0, 0.05) is 6.42 Å². The number of thiol groups is 1. The summed E-state index contributed by atoms with van der Waals surface area (Å²) >= 11 is 3.78. The number of nitrogens with one attached hydrogen (secondary N) is 4. The van der Waals surface area contributed by atoms with Crippen LogP contribution < -0.4 is 26.0 Å². The van der Waals surface area contributed by atoms with Crippen LogP contribution in [0.2, 0.25) is 0 Å². The monoisotopic (exact) mass is 502 g/mol. The highest BCUT2D eigenvalue weighted by Gasteiger charge is 2.15. The summed E-state index contributed by atoms with van der Waals surface area (Å²) < 4.78 is 6.01. The number of benzene rings is 2. The number of amides is 4. The van der Waals surface area contributed by atoms with Crippen molar-refractivity contribution in [3.05, 3.63) is 42.0 Å². The van der Waals surface area contributed by atoms with Crippen LogP contribution in [0.25, 0.3) is 10.8 Å². The Morgan fingerprint density at radius 3 is 2.00 bits per heavy atom. The van der Waals surface area contributed by atoms with Crippen molar-refractivity contribution in [2.45, 2.75) is 45.8 Å². The fourth-order valence-corrected chi connectivity index (χ4v) is 3.32. The number of carbonyl (C=O) groups excluding carboxylic acids is 4. The molecule has 2 aromatic rings.